The van der Waals surface area contributed by atoms with Gasteiger partial charge in [-0.05, 0) is 13.0 Å². The molecule has 1 amide bonds. The number of aryl methyl sites for hydroxylation is 1. The van der Waals surface area contributed by atoms with Gasteiger partial charge in [-0.1, -0.05) is 0 Å². The van der Waals surface area contributed by atoms with E-state index in [0.717, 1.165) is 36.8 Å². The van der Waals surface area contributed by atoms with Crippen LogP contribution in [0.15, 0.2) is 16.8 Å². The molecule has 1 aliphatic rings. The number of hydrazine groups is 1. The van der Waals surface area contributed by atoms with Crippen molar-refractivity contribution < 1.29 is 9.21 Å². The number of carbonyl (C=O) groups excluding carboxylic acids is 1. The van der Waals surface area contributed by atoms with Crippen LogP contribution in [-0.4, -0.2) is 32.1 Å². The molecule has 0 radical (unpaired) electrons. The van der Waals surface area contributed by atoms with Crippen molar-refractivity contribution in [1.82, 2.24) is 25.1 Å². The summed E-state index contributed by atoms with van der Waals surface area (Å²) in [5.41, 5.74) is 3.05. The number of rotatable bonds is 3. The van der Waals surface area contributed by atoms with Crippen molar-refractivity contribution in [3.05, 3.63) is 35.3 Å². The van der Waals surface area contributed by atoms with Crippen molar-refractivity contribution in [3.8, 4) is 0 Å². The van der Waals surface area contributed by atoms with Crippen molar-refractivity contribution in [1.29, 1.82) is 0 Å². The molecule has 0 fully saturated rings. The Labute approximate surface area is 115 Å². The Morgan fingerprint density at radius 2 is 2.40 bits per heavy atom. The Morgan fingerprint density at radius 3 is 3.20 bits per heavy atom. The van der Waals surface area contributed by atoms with Crippen LogP contribution in [0.2, 0.25) is 0 Å². The highest BCUT2D eigenvalue weighted by molar-refractivity contribution is 5.91. The number of hydrogen-bond donors (Lipinski definition) is 2. The molecule has 0 bridgehead atoms. The molecule has 1 aliphatic heterocycles. The van der Waals surface area contributed by atoms with Gasteiger partial charge in [0.1, 0.15) is 17.9 Å². The Hall–Kier alpha value is -2.19. The van der Waals surface area contributed by atoms with Gasteiger partial charge in [-0.25, -0.2) is 5.84 Å². The highest BCUT2D eigenvalue weighted by atomic mass is 16.4. The Morgan fingerprint density at radius 1 is 1.55 bits per heavy atom. The van der Waals surface area contributed by atoms with Gasteiger partial charge in [0.25, 0.3) is 0 Å². The van der Waals surface area contributed by atoms with Gasteiger partial charge < -0.3 is 8.98 Å². The van der Waals surface area contributed by atoms with E-state index >= 15 is 0 Å². The van der Waals surface area contributed by atoms with Gasteiger partial charge in [0.15, 0.2) is 5.76 Å². The zero-order valence-corrected chi connectivity index (χ0v) is 11.2. The highest BCUT2D eigenvalue weighted by Crippen LogP contribution is 2.19. The van der Waals surface area contributed by atoms with E-state index in [4.69, 9.17) is 10.3 Å². The third-order valence-electron chi connectivity index (χ3n) is 3.49. The third-order valence-corrected chi connectivity index (χ3v) is 3.49. The average molecular weight is 276 g/mol. The Bertz CT molecular complexity index is 632. The SMILES string of the molecule is Cc1oc(C(=O)NN)cc1CN1CCn2cnnc2C1. The number of carbonyl (C=O) groups is 1. The van der Waals surface area contributed by atoms with Crippen LogP contribution in [0.1, 0.15) is 27.7 Å². The predicted octanol–water partition coefficient (Wildman–Crippen LogP) is -0.201. The molecule has 3 rings (SSSR count). The fraction of sp³-hybridized carbons (Fsp3) is 0.417. The second kappa shape index (κ2) is 5.06. The number of furan rings is 1. The van der Waals surface area contributed by atoms with Gasteiger partial charge in [-0.2, -0.15) is 0 Å². The number of nitrogens with one attached hydrogen (secondary N) is 1. The lowest BCUT2D eigenvalue weighted by atomic mass is 10.2. The molecule has 0 atom stereocenters. The summed E-state index contributed by atoms with van der Waals surface area (Å²) < 4.78 is 7.46. The fourth-order valence-electron chi connectivity index (χ4n) is 2.35. The lowest BCUT2D eigenvalue weighted by molar-refractivity contribution is 0.0924. The van der Waals surface area contributed by atoms with Gasteiger partial charge in [0.05, 0.1) is 6.54 Å². The molecule has 106 valence electrons. The molecule has 2 aromatic rings. The molecule has 0 unspecified atom stereocenters. The minimum atomic E-state index is -0.419. The van der Waals surface area contributed by atoms with Crippen molar-refractivity contribution in [3.63, 3.8) is 0 Å². The summed E-state index contributed by atoms with van der Waals surface area (Å²) in [6, 6.07) is 1.73. The van der Waals surface area contributed by atoms with Crippen molar-refractivity contribution >= 4 is 5.91 Å². The van der Waals surface area contributed by atoms with Gasteiger partial charge >= 0.3 is 5.91 Å². The number of nitrogens with two attached hydrogens (primary N) is 1. The van der Waals surface area contributed by atoms with E-state index in [1.54, 1.807) is 12.4 Å². The molecule has 0 aliphatic carbocycles. The molecule has 20 heavy (non-hydrogen) atoms. The number of hydrogen-bond acceptors (Lipinski definition) is 6. The maximum atomic E-state index is 11.4. The van der Waals surface area contributed by atoms with E-state index in [0.29, 0.717) is 6.54 Å². The van der Waals surface area contributed by atoms with Crippen molar-refractivity contribution in [2.24, 2.45) is 5.84 Å². The molecule has 0 saturated heterocycles. The lowest BCUT2D eigenvalue weighted by Crippen LogP contribution is -2.33. The van der Waals surface area contributed by atoms with E-state index in [1.165, 1.54) is 0 Å². The van der Waals surface area contributed by atoms with Crippen molar-refractivity contribution in [2.75, 3.05) is 6.54 Å². The van der Waals surface area contributed by atoms with Crippen LogP contribution in [0.3, 0.4) is 0 Å². The summed E-state index contributed by atoms with van der Waals surface area (Å²) in [5.74, 6) is 6.61. The average Bonchev–Trinajstić information content (AvgIpc) is 3.05. The number of nitrogen functional groups attached to an aromatic ring is 1. The van der Waals surface area contributed by atoms with E-state index in [2.05, 4.69) is 20.5 Å². The quantitative estimate of drug-likeness (QED) is 0.457. The molecule has 8 nitrogen and oxygen atoms in total. The monoisotopic (exact) mass is 276 g/mol. The molecular formula is C12H16N6O2. The minimum absolute atomic E-state index is 0.236. The second-order valence-electron chi connectivity index (χ2n) is 4.82. The minimum Gasteiger partial charge on any atom is -0.456 e. The first-order valence-electron chi connectivity index (χ1n) is 6.36. The fourth-order valence-corrected chi connectivity index (χ4v) is 2.35. The molecule has 2 aromatic heterocycles. The summed E-state index contributed by atoms with van der Waals surface area (Å²) in [4.78, 5) is 13.7. The molecule has 3 heterocycles. The van der Waals surface area contributed by atoms with Gasteiger partial charge in [0, 0.05) is 25.2 Å². The van der Waals surface area contributed by atoms with E-state index < -0.39 is 5.91 Å². The summed E-state index contributed by atoms with van der Waals surface area (Å²) in [6.45, 7) is 5.07. The number of amides is 1. The summed E-state index contributed by atoms with van der Waals surface area (Å²) in [5, 5.41) is 7.99. The number of fused-ring (bicyclic) bond motifs is 1. The Balaban J connectivity index is 1.73. The molecule has 3 N–H and O–H groups in total. The van der Waals surface area contributed by atoms with Crippen LogP contribution >= 0.6 is 0 Å². The molecule has 8 heteroatoms. The molecule has 0 aromatic carbocycles. The zero-order valence-electron chi connectivity index (χ0n) is 11.2. The first-order valence-corrected chi connectivity index (χ1v) is 6.36. The van der Waals surface area contributed by atoms with Crippen LogP contribution in [-0.2, 0) is 19.6 Å². The smallest absolute Gasteiger partial charge is 0.300 e. The van der Waals surface area contributed by atoms with Gasteiger partial charge in [0.2, 0.25) is 0 Å². The highest BCUT2D eigenvalue weighted by Gasteiger charge is 2.20. The van der Waals surface area contributed by atoms with Gasteiger partial charge in [-0.15, -0.1) is 10.2 Å². The van der Waals surface area contributed by atoms with Crippen molar-refractivity contribution in [2.45, 2.75) is 26.6 Å². The van der Waals surface area contributed by atoms with Gasteiger partial charge in [-0.3, -0.25) is 15.1 Å². The second-order valence-corrected chi connectivity index (χ2v) is 4.82. The zero-order chi connectivity index (χ0) is 14.1. The van der Waals surface area contributed by atoms with E-state index in [9.17, 15) is 4.79 Å². The summed E-state index contributed by atoms with van der Waals surface area (Å²) >= 11 is 0. The standard InChI is InChI=1S/C12H16N6O2/c1-8-9(4-10(20-8)12(19)15-13)5-17-2-3-18-7-14-16-11(18)6-17/h4,7H,2-3,5-6,13H2,1H3,(H,15,19). The van der Waals surface area contributed by atoms with Crippen LogP contribution in [0, 0.1) is 6.92 Å². The number of nitrogens with zero attached hydrogens (tertiary/aromatic N) is 4. The van der Waals surface area contributed by atoms with Crippen LogP contribution < -0.4 is 11.3 Å². The summed E-state index contributed by atoms with van der Waals surface area (Å²) in [6.07, 6.45) is 1.75. The third kappa shape index (κ3) is 2.30. The van der Waals surface area contributed by atoms with E-state index in [-0.39, 0.29) is 5.76 Å². The maximum Gasteiger partial charge on any atom is 0.300 e. The molecule has 0 saturated carbocycles. The Kier molecular flexibility index (Phi) is 3.25. The largest absolute Gasteiger partial charge is 0.456 e. The number of aromatic nitrogens is 3. The van der Waals surface area contributed by atoms with Crippen LogP contribution in [0.4, 0.5) is 0 Å². The predicted molar refractivity (Wildman–Crippen MR) is 69.2 cm³/mol. The summed E-state index contributed by atoms with van der Waals surface area (Å²) in [7, 11) is 0. The van der Waals surface area contributed by atoms with Crippen LogP contribution in [0.25, 0.3) is 0 Å². The lowest BCUT2D eigenvalue weighted by Gasteiger charge is -2.26. The molecule has 0 spiro atoms. The van der Waals surface area contributed by atoms with Crippen LogP contribution in [0.5, 0.6) is 0 Å². The van der Waals surface area contributed by atoms with E-state index in [1.807, 2.05) is 11.5 Å². The molecular weight excluding hydrogens is 260 g/mol. The first-order chi connectivity index (χ1) is 9.67. The first kappa shape index (κ1) is 12.8. The maximum absolute atomic E-state index is 11.4. The normalized spacial score (nSPS) is 15.1. The topological polar surface area (TPSA) is 102 Å².